The molecule has 0 saturated carbocycles. The first-order chi connectivity index (χ1) is 8.56. The molecule has 0 spiro atoms. The van der Waals surface area contributed by atoms with Crippen molar-refractivity contribution in [1.29, 1.82) is 0 Å². The highest BCUT2D eigenvalue weighted by molar-refractivity contribution is 9.10. The van der Waals surface area contributed by atoms with Gasteiger partial charge in [-0.3, -0.25) is 4.79 Å². The molecule has 0 aliphatic rings. The second-order valence-corrected chi connectivity index (χ2v) is 4.66. The highest BCUT2D eigenvalue weighted by atomic mass is 79.9. The number of aromatic nitrogens is 1. The van der Waals surface area contributed by atoms with Gasteiger partial charge < -0.3 is 5.32 Å². The molecule has 2 rings (SSSR count). The number of pyridine rings is 1. The zero-order valence-corrected chi connectivity index (χ0v) is 11.2. The summed E-state index contributed by atoms with van der Waals surface area (Å²) in [6.07, 6.45) is 0. The summed E-state index contributed by atoms with van der Waals surface area (Å²) in [5.41, 5.74) is 0.769. The molecule has 0 atom stereocenters. The van der Waals surface area contributed by atoms with E-state index in [0.29, 0.717) is 10.3 Å². The fourth-order valence-electron chi connectivity index (χ4n) is 1.47. The second kappa shape index (κ2) is 5.27. The third kappa shape index (κ3) is 2.92. The van der Waals surface area contributed by atoms with Gasteiger partial charge in [0, 0.05) is 10.2 Å². The lowest BCUT2D eigenvalue weighted by molar-refractivity contribution is 0.102. The third-order valence-electron chi connectivity index (χ3n) is 2.31. The molecule has 1 heterocycles. The predicted octanol–water partition coefficient (Wildman–Crippen LogP) is 3.54. The number of hydrogen-bond donors (Lipinski definition) is 1. The van der Waals surface area contributed by atoms with Crippen LogP contribution >= 0.6 is 15.9 Å². The number of hydrogen-bond acceptors (Lipinski definition) is 2. The van der Waals surface area contributed by atoms with E-state index in [1.807, 2.05) is 13.0 Å². The molecule has 2 aromatic rings. The van der Waals surface area contributed by atoms with Crippen molar-refractivity contribution < 1.29 is 9.18 Å². The lowest BCUT2D eigenvalue weighted by Gasteiger charge is -2.06. The molecule has 5 heteroatoms. The van der Waals surface area contributed by atoms with Crippen LogP contribution in [0.25, 0.3) is 0 Å². The normalized spacial score (nSPS) is 10.2. The maximum absolute atomic E-state index is 13.6. The van der Waals surface area contributed by atoms with Crippen LogP contribution in [-0.4, -0.2) is 10.9 Å². The van der Waals surface area contributed by atoms with Crippen molar-refractivity contribution in [3.05, 3.63) is 57.9 Å². The molecule has 1 aromatic heterocycles. The van der Waals surface area contributed by atoms with Gasteiger partial charge >= 0.3 is 0 Å². The van der Waals surface area contributed by atoms with E-state index in [0.717, 1.165) is 5.69 Å². The van der Waals surface area contributed by atoms with Gasteiger partial charge in [-0.2, -0.15) is 0 Å². The minimum absolute atomic E-state index is 0.0125. The largest absolute Gasteiger partial charge is 0.306 e. The Labute approximate surface area is 112 Å². The summed E-state index contributed by atoms with van der Waals surface area (Å²) in [5, 5.41) is 2.55. The van der Waals surface area contributed by atoms with Crippen molar-refractivity contribution in [3.63, 3.8) is 0 Å². The first-order valence-corrected chi connectivity index (χ1v) is 6.05. The summed E-state index contributed by atoms with van der Waals surface area (Å²) in [4.78, 5) is 16.0. The Balaban J connectivity index is 2.22. The van der Waals surface area contributed by atoms with Crippen molar-refractivity contribution >= 4 is 27.7 Å². The maximum atomic E-state index is 13.6. The molecule has 3 nitrogen and oxygen atoms in total. The molecule has 0 fully saturated rings. The van der Waals surface area contributed by atoms with Crippen molar-refractivity contribution in [2.75, 3.05) is 5.32 Å². The van der Waals surface area contributed by atoms with E-state index in [9.17, 15) is 9.18 Å². The van der Waals surface area contributed by atoms with Crippen LogP contribution in [-0.2, 0) is 0 Å². The van der Waals surface area contributed by atoms with Crippen LogP contribution in [0.5, 0.6) is 0 Å². The number of nitrogens with one attached hydrogen (secondary N) is 1. The number of anilines is 1. The highest BCUT2D eigenvalue weighted by Gasteiger charge is 2.12. The Bertz CT molecular complexity index is 601. The number of nitrogens with zero attached hydrogens (tertiary/aromatic N) is 1. The van der Waals surface area contributed by atoms with Gasteiger partial charge in [0.05, 0.1) is 5.56 Å². The van der Waals surface area contributed by atoms with Crippen molar-refractivity contribution in [2.24, 2.45) is 0 Å². The first kappa shape index (κ1) is 12.7. The molecule has 0 saturated heterocycles. The van der Waals surface area contributed by atoms with Gasteiger partial charge in [0.1, 0.15) is 11.6 Å². The van der Waals surface area contributed by atoms with E-state index in [2.05, 4.69) is 26.2 Å². The highest BCUT2D eigenvalue weighted by Crippen LogP contribution is 2.16. The van der Waals surface area contributed by atoms with Gasteiger partial charge in [-0.25, -0.2) is 9.37 Å². The Kier molecular flexibility index (Phi) is 3.72. The molecule has 0 aliphatic heterocycles. The zero-order chi connectivity index (χ0) is 13.1. The fourth-order valence-corrected chi connectivity index (χ4v) is 1.80. The standard InChI is InChI=1S/C13H10BrFN2O/c1-8-3-2-4-12(16-8)17-13(18)10-6-5-9(14)7-11(10)15/h2-7H,1H3,(H,16,17,18). The monoisotopic (exact) mass is 308 g/mol. The summed E-state index contributed by atoms with van der Waals surface area (Å²) in [7, 11) is 0. The van der Waals surface area contributed by atoms with E-state index in [1.165, 1.54) is 12.1 Å². The minimum Gasteiger partial charge on any atom is -0.306 e. The smallest absolute Gasteiger partial charge is 0.259 e. The third-order valence-corrected chi connectivity index (χ3v) is 2.80. The summed E-state index contributed by atoms with van der Waals surface area (Å²) in [6, 6.07) is 9.53. The SMILES string of the molecule is Cc1cccc(NC(=O)c2ccc(Br)cc2F)n1. The average Bonchev–Trinajstić information content (AvgIpc) is 2.28. The van der Waals surface area contributed by atoms with E-state index < -0.39 is 11.7 Å². The van der Waals surface area contributed by atoms with Crippen LogP contribution in [0.3, 0.4) is 0 Å². The van der Waals surface area contributed by atoms with E-state index in [4.69, 9.17) is 0 Å². The summed E-state index contributed by atoms with van der Waals surface area (Å²) in [6.45, 7) is 1.82. The number of amides is 1. The lowest BCUT2D eigenvalue weighted by atomic mass is 10.2. The van der Waals surface area contributed by atoms with E-state index in [1.54, 1.807) is 18.2 Å². The zero-order valence-electron chi connectivity index (χ0n) is 9.58. The Morgan fingerprint density at radius 1 is 1.33 bits per heavy atom. The van der Waals surface area contributed by atoms with Gasteiger partial charge in [-0.05, 0) is 37.3 Å². The van der Waals surface area contributed by atoms with Crippen molar-refractivity contribution in [3.8, 4) is 0 Å². The van der Waals surface area contributed by atoms with Crippen LogP contribution in [0.2, 0.25) is 0 Å². The fraction of sp³-hybridized carbons (Fsp3) is 0.0769. The Morgan fingerprint density at radius 2 is 2.11 bits per heavy atom. The van der Waals surface area contributed by atoms with Gasteiger partial charge in [-0.1, -0.05) is 22.0 Å². The molecular formula is C13H10BrFN2O. The van der Waals surface area contributed by atoms with Crippen molar-refractivity contribution in [2.45, 2.75) is 6.92 Å². The Morgan fingerprint density at radius 3 is 2.78 bits per heavy atom. The maximum Gasteiger partial charge on any atom is 0.259 e. The van der Waals surface area contributed by atoms with Gasteiger partial charge in [0.15, 0.2) is 0 Å². The summed E-state index contributed by atoms with van der Waals surface area (Å²) < 4.78 is 14.2. The van der Waals surface area contributed by atoms with Crippen LogP contribution in [0.15, 0.2) is 40.9 Å². The second-order valence-electron chi connectivity index (χ2n) is 3.74. The molecule has 92 valence electrons. The van der Waals surface area contributed by atoms with Gasteiger partial charge in [-0.15, -0.1) is 0 Å². The van der Waals surface area contributed by atoms with Crippen molar-refractivity contribution in [1.82, 2.24) is 4.98 Å². The Hall–Kier alpha value is -1.75. The first-order valence-electron chi connectivity index (χ1n) is 5.26. The molecule has 1 aromatic carbocycles. The van der Waals surface area contributed by atoms with E-state index >= 15 is 0 Å². The number of benzene rings is 1. The molecule has 0 bridgehead atoms. The van der Waals surface area contributed by atoms with Crippen LogP contribution in [0.4, 0.5) is 10.2 Å². The van der Waals surface area contributed by atoms with Gasteiger partial charge in [0.25, 0.3) is 5.91 Å². The molecule has 0 radical (unpaired) electrons. The van der Waals surface area contributed by atoms with Gasteiger partial charge in [0.2, 0.25) is 0 Å². The van der Waals surface area contributed by atoms with E-state index in [-0.39, 0.29) is 5.56 Å². The van der Waals surface area contributed by atoms with Crippen LogP contribution in [0, 0.1) is 12.7 Å². The number of carbonyl (C=O) groups excluding carboxylic acids is 1. The topological polar surface area (TPSA) is 42.0 Å². The number of carbonyl (C=O) groups is 1. The lowest BCUT2D eigenvalue weighted by Crippen LogP contribution is -2.14. The summed E-state index contributed by atoms with van der Waals surface area (Å²) in [5.74, 6) is -0.685. The molecule has 0 unspecified atom stereocenters. The molecule has 18 heavy (non-hydrogen) atoms. The molecular weight excluding hydrogens is 299 g/mol. The number of rotatable bonds is 2. The minimum atomic E-state index is -0.575. The molecule has 0 aliphatic carbocycles. The average molecular weight is 309 g/mol. The van der Waals surface area contributed by atoms with Crippen LogP contribution in [0.1, 0.15) is 16.1 Å². The predicted molar refractivity (Wildman–Crippen MR) is 71.0 cm³/mol. The molecule has 1 amide bonds. The van der Waals surface area contributed by atoms with Crippen LogP contribution < -0.4 is 5.32 Å². The molecule has 1 N–H and O–H groups in total. The number of halogens is 2. The summed E-state index contributed by atoms with van der Waals surface area (Å²) >= 11 is 3.14. The quantitative estimate of drug-likeness (QED) is 0.922. The number of aryl methyl sites for hydroxylation is 1.